The summed E-state index contributed by atoms with van der Waals surface area (Å²) in [7, 11) is -8.15. The molecular formula is H5BO8P2. The van der Waals surface area contributed by atoms with Gasteiger partial charge in [-0.15, -0.1) is 0 Å². The number of hydrogen-bond acceptors (Lipinski definition) is 4. The highest BCUT2D eigenvalue weighted by molar-refractivity contribution is 7.52. The lowest BCUT2D eigenvalue weighted by atomic mass is 10.4. The van der Waals surface area contributed by atoms with Gasteiger partial charge in [-0.25, -0.2) is 9.13 Å². The number of rotatable bonds is 0. The lowest BCUT2D eigenvalue weighted by molar-refractivity contribution is 0.222. The van der Waals surface area contributed by atoms with Gasteiger partial charge in [0.05, 0.1) is 0 Å². The molecule has 0 radical (unpaired) electrons. The van der Waals surface area contributed by atoms with Crippen LogP contribution in [0.3, 0.4) is 0 Å². The van der Waals surface area contributed by atoms with Crippen molar-refractivity contribution in [1.29, 1.82) is 0 Å². The maximum absolute atomic E-state index is 9.78. The zero-order valence-corrected chi connectivity index (χ0v) is 6.81. The summed E-state index contributed by atoms with van der Waals surface area (Å²) in [5.41, 5.74) is 0. The Morgan fingerprint density at radius 3 is 1.45 bits per heavy atom. The third kappa shape index (κ3) is 10.3. The van der Waals surface area contributed by atoms with Crippen LogP contribution in [0, 0.1) is 0 Å². The van der Waals surface area contributed by atoms with Crippen LogP contribution in [-0.2, 0) is 18.0 Å². The fourth-order valence-electron chi connectivity index (χ4n) is 0.143. The second-order valence-electron chi connectivity index (χ2n) is 1.36. The van der Waals surface area contributed by atoms with Crippen LogP contribution >= 0.6 is 15.6 Å². The van der Waals surface area contributed by atoms with E-state index in [1.54, 1.807) is 0 Å². The van der Waals surface area contributed by atoms with Gasteiger partial charge >= 0.3 is 23.3 Å². The highest BCUT2D eigenvalue weighted by Crippen LogP contribution is 2.49. The molecule has 0 aromatic rings. The van der Waals surface area contributed by atoms with Gasteiger partial charge in [-0.2, -0.15) is 0 Å². The Hall–Kier alpha value is 0.285. The van der Waals surface area contributed by atoms with Crippen LogP contribution in [0.25, 0.3) is 0 Å². The second kappa shape index (κ2) is 3.80. The summed E-state index contributed by atoms with van der Waals surface area (Å²) in [6.45, 7) is 0. The van der Waals surface area contributed by atoms with Crippen LogP contribution in [0.2, 0.25) is 0 Å². The molecule has 1 rings (SSSR count). The van der Waals surface area contributed by atoms with Crippen LogP contribution in [0.15, 0.2) is 0 Å². The largest absolute Gasteiger partial charge is 0.466 e. The van der Waals surface area contributed by atoms with E-state index in [0.717, 1.165) is 0 Å². The summed E-state index contributed by atoms with van der Waals surface area (Å²) in [6.07, 6.45) is 0. The van der Waals surface area contributed by atoms with Gasteiger partial charge in [-0.1, -0.05) is 0 Å². The predicted octanol–water partition coefficient (Wildman–Crippen LogP) is -1.53. The minimum Gasteiger partial charge on any atom is -0.322 e. The molecular weight excluding hydrogens is 201 g/mol. The minimum absolute atomic E-state index is 0.0478. The third-order valence-corrected chi connectivity index (χ3v) is 1.30. The van der Waals surface area contributed by atoms with Crippen LogP contribution in [0.4, 0.5) is 0 Å². The van der Waals surface area contributed by atoms with Crippen LogP contribution in [0.5, 0.6) is 0 Å². The molecule has 0 aromatic carbocycles. The molecule has 66 valence electrons. The molecule has 11 heavy (non-hydrogen) atoms. The van der Waals surface area contributed by atoms with E-state index in [-0.39, 0.29) is 7.69 Å². The van der Waals surface area contributed by atoms with Gasteiger partial charge in [0.2, 0.25) is 0 Å². The Balaban J connectivity index is 0.000000187. The Labute approximate surface area is 61.9 Å². The molecule has 1 heterocycles. The Morgan fingerprint density at radius 1 is 1.27 bits per heavy atom. The van der Waals surface area contributed by atoms with E-state index in [4.69, 9.17) is 24.1 Å². The molecule has 1 aliphatic heterocycles. The molecule has 4 N–H and O–H groups in total. The zero-order valence-electron chi connectivity index (χ0n) is 5.02. The van der Waals surface area contributed by atoms with Crippen LogP contribution < -0.4 is 0 Å². The average Bonchev–Trinajstić information content (AvgIpc) is 1.57. The molecule has 0 unspecified atom stereocenters. The smallest absolute Gasteiger partial charge is 0.322 e. The lowest BCUT2D eigenvalue weighted by Gasteiger charge is -2.17. The molecule has 1 saturated heterocycles. The van der Waals surface area contributed by atoms with Gasteiger partial charge in [0.15, 0.2) is 0 Å². The molecule has 0 aliphatic carbocycles. The first-order chi connectivity index (χ1) is 4.71. The first kappa shape index (κ1) is 11.3. The summed E-state index contributed by atoms with van der Waals surface area (Å²) >= 11 is 0. The summed E-state index contributed by atoms with van der Waals surface area (Å²) in [6, 6.07) is 0. The number of hydrogen-bond donors (Lipinski definition) is 4. The van der Waals surface area contributed by atoms with Gasteiger partial charge in [0, 0.05) is 0 Å². The second-order valence-corrected chi connectivity index (χ2v) is 3.84. The van der Waals surface area contributed by atoms with Crippen molar-refractivity contribution in [3.05, 3.63) is 0 Å². The maximum Gasteiger partial charge on any atom is 0.466 e. The van der Waals surface area contributed by atoms with Crippen LogP contribution in [0.1, 0.15) is 0 Å². The average molecular weight is 206 g/mol. The first-order valence-electron chi connectivity index (χ1n) is 2.11. The van der Waals surface area contributed by atoms with Crippen LogP contribution in [-0.4, -0.2) is 27.3 Å². The van der Waals surface area contributed by atoms with Gasteiger partial charge < -0.3 is 28.5 Å². The molecule has 11 heteroatoms. The molecule has 0 amide bonds. The molecule has 1 fully saturated rings. The van der Waals surface area contributed by atoms with Gasteiger partial charge in [0.1, 0.15) is 0 Å². The zero-order chi connectivity index (χ0) is 9.12. The predicted molar refractivity (Wildman–Crippen MR) is 33.4 cm³/mol. The topological polar surface area (TPSA) is 134 Å². The SMILES string of the molecule is O=P(O)(O)O.O=P1(O)OBO1. The van der Waals surface area contributed by atoms with E-state index >= 15 is 0 Å². The molecule has 0 spiro atoms. The monoisotopic (exact) mass is 206 g/mol. The third-order valence-electron chi connectivity index (χ3n) is 0.432. The van der Waals surface area contributed by atoms with E-state index < -0.39 is 15.6 Å². The summed E-state index contributed by atoms with van der Waals surface area (Å²) in [4.78, 5) is 29.6. The van der Waals surface area contributed by atoms with Crippen molar-refractivity contribution in [1.82, 2.24) is 0 Å². The first-order valence-corrected chi connectivity index (χ1v) is 5.17. The normalized spacial score (nSPS) is 20.4. The van der Waals surface area contributed by atoms with E-state index in [1.807, 2.05) is 0 Å². The maximum atomic E-state index is 9.78. The lowest BCUT2D eigenvalue weighted by Crippen LogP contribution is -2.12. The molecule has 8 nitrogen and oxygen atoms in total. The number of phosphoric acid groups is 2. The van der Waals surface area contributed by atoms with Gasteiger partial charge in [-0.3, -0.25) is 0 Å². The Kier molecular flexibility index (Phi) is 3.89. The summed E-state index contributed by atoms with van der Waals surface area (Å²) < 4.78 is 26.7. The van der Waals surface area contributed by atoms with E-state index in [2.05, 4.69) is 8.88 Å². The fraction of sp³-hybridized carbons (Fsp3) is 0. The van der Waals surface area contributed by atoms with Crippen molar-refractivity contribution < 1.29 is 37.6 Å². The van der Waals surface area contributed by atoms with E-state index in [0.29, 0.717) is 0 Å². The summed E-state index contributed by atoms with van der Waals surface area (Å²) in [5, 5.41) is 0. The van der Waals surface area contributed by atoms with Gasteiger partial charge in [-0.05, 0) is 0 Å². The molecule has 0 atom stereocenters. The minimum atomic E-state index is -4.64. The molecule has 0 aromatic heterocycles. The highest BCUT2D eigenvalue weighted by Gasteiger charge is 2.31. The molecule has 0 bridgehead atoms. The van der Waals surface area contributed by atoms with Crippen molar-refractivity contribution in [2.45, 2.75) is 0 Å². The van der Waals surface area contributed by atoms with Crippen molar-refractivity contribution in [2.75, 3.05) is 0 Å². The summed E-state index contributed by atoms with van der Waals surface area (Å²) in [5.74, 6) is 0. The molecule has 1 aliphatic rings. The highest BCUT2D eigenvalue weighted by atomic mass is 31.2. The standard InChI is InChI=1S/BH2O4P.H3O4P/c2-6(3)4-1-5-6;1-5(2,3)4/h1H,(H,2,3);(H3,1,2,3,4). The van der Waals surface area contributed by atoms with Crippen molar-refractivity contribution in [3.63, 3.8) is 0 Å². The van der Waals surface area contributed by atoms with Crippen molar-refractivity contribution >= 4 is 23.3 Å². The quantitative estimate of drug-likeness (QED) is 0.277. The van der Waals surface area contributed by atoms with E-state index in [1.165, 1.54) is 0 Å². The van der Waals surface area contributed by atoms with E-state index in [9.17, 15) is 4.57 Å². The molecule has 0 saturated carbocycles. The Morgan fingerprint density at radius 2 is 1.45 bits per heavy atom. The van der Waals surface area contributed by atoms with Gasteiger partial charge in [0.25, 0.3) is 0 Å². The van der Waals surface area contributed by atoms with Crippen molar-refractivity contribution in [2.24, 2.45) is 0 Å². The fourth-order valence-corrected chi connectivity index (χ4v) is 0.429. The Bertz CT molecular complexity index is 186. The van der Waals surface area contributed by atoms with Crippen molar-refractivity contribution in [3.8, 4) is 0 Å².